The minimum Gasteiger partial charge on any atom is -0.287 e. The molecular weight excluding hydrogens is 250 g/mol. The van der Waals surface area contributed by atoms with Crippen LogP contribution in [-0.2, 0) is 0 Å². The van der Waals surface area contributed by atoms with Crippen LogP contribution in [0.3, 0.4) is 0 Å². The van der Waals surface area contributed by atoms with Gasteiger partial charge in [-0.05, 0) is 0 Å². The van der Waals surface area contributed by atoms with E-state index in [0.717, 1.165) is 10.3 Å². The maximum atomic E-state index is 12.0. The van der Waals surface area contributed by atoms with Crippen LogP contribution in [0.4, 0.5) is 0 Å². The summed E-state index contributed by atoms with van der Waals surface area (Å²) in [5.41, 5.74) is 0.469. The van der Waals surface area contributed by atoms with Crippen LogP contribution >= 0.6 is 32.5 Å². The van der Waals surface area contributed by atoms with E-state index in [1.54, 1.807) is 6.07 Å². The predicted molar refractivity (Wildman–Crippen MR) is 65.4 cm³/mol. The van der Waals surface area contributed by atoms with Crippen LogP contribution in [0.1, 0.15) is 0 Å². The minimum atomic E-state index is -0.0255. The van der Waals surface area contributed by atoms with Gasteiger partial charge in [0.05, 0.1) is 9.90 Å². The van der Waals surface area contributed by atoms with E-state index in [9.17, 15) is 4.79 Å². The van der Waals surface area contributed by atoms with Crippen LogP contribution in [0.25, 0.3) is 21.3 Å². The molecule has 2 aliphatic rings. The molecular formula is C10H4ClNOS2. The summed E-state index contributed by atoms with van der Waals surface area (Å²) in [6, 6.07) is 7.36. The van der Waals surface area contributed by atoms with Crippen LogP contribution in [0.2, 0.25) is 5.02 Å². The molecule has 1 aliphatic heterocycles. The van der Waals surface area contributed by atoms with Crippen LogP contribution in [0, 0.1) is 0 Å². The molecule has 15 heavy (non-hydrogen) atoms. The molecule has 74 valence electrons. The summed E-state index contributed by atoms with van der Waals surface area (Å²) < 4.78 is 4.09. The van der Waals surface area contributed by atoms with Crippen molar-refractivity contribution in [2.45, 2.75) is 0 Å². The molecule has 0 saturated heterocycles. The predicted octanol–water partition coefficient (Wildman–Crippen LogP) is 3.48. The van der Waals surface area contributed by atoms with E-state index in [0.29, 0.717) is 16.1 Å². The fourth-order valence-corrected chi connectivity index (χ4v) is 3.95. The summed E-state index contributed by atoms with van der Waals surface area (Å²) in [4.78, 5) is 12.8. The van der Waals surface area contributed by atoms with E-state index in [-0.39, 0.29) is 5.43 Å². The Balaban J connectivity index is 2.70. The van der Waals surface area contributed by atoms with Crippen molar-refractivity contribution in [3.05, 3.63) is 39.5 Å². The second kappa shape index (κ2) is 3.27. The van der Waals surface area contributed by atoms with Gasteiger partial charge in [0.2, 0.25) is 5.43 Å². The van der Waals surface area contributed by atoms with Gasteiger partial charge in [0.25, 0.3) is 0 Å². The van der Waals surface area contributed by atoms with Gasteiger partial charge in [-0.1, -0.05) is 46.2 Å². The van der Waals surface area contributed by atoms with Gasteiger partial charge in [0.1, 0.15) is 5.69 Å². The molecule has 0 spiro atoms. The van der Waals surface area contributed by atoms with Gasteiger partial charge in [-0.15, -0.1) is 0 Å². The molecule has 3 rings (SSSR count). The van der Waals surface area contributed by atoms with Gasteiger partial charge >= 0.3 is 0 Å². The summed E-state index contributed by atoms with van der Waals surface area (Å²) in [7, 11) is 2.74. The van der Waals surface area contributed by atoms with Crippen molar-refractivity contribution in [1.82, 2.24) is 4.37 Å². The van der Waals surface area contributed by atoms with E-state index in [1.165, 1.54) is 20.9 Å². The van der Waals surface area contributed by atoms with Crippen LogP contribution in [0.15, 0.2) is 29.1 Å². The molecule has 1 aromatic rings. The maximum absolute atomic E-state index is 12.0. The van der Waals surface area contributed by atoms with E-state index in [1.807, 2.05) is 18.2 Å². The molecule has 0 amide bonds. The first-order valence-corrected chi connectivity index (χ1v) is 6.73. The highest BCUT2D eigenvalue weighted by Gasteiger charge is 2.18. The molecule has 0 unspecified atom stereocenters. The lowest BCUT2D eigenvalue weighted by molar-refractivity contribution is 1.50. The summed E-state index contributed by atoms with van der Waals surface area (Å²) >= 11 is 6.23. The van der Waals surface area contributed by atoms with E-state index >= 15 is 0 Å². The average Bonchev–Trinajstić information content (AvgIpc) is 2.75. The fraction of sp³-hybridized carbons (Fsp3) is 0. The minimum absolute atomic E-state index is 0.0255. The largest absolute Gasteiger partial charge is 0.287 e. The van der Waals surface area contributed by atoms with Gasteiger partial charge in [0, 0.05) is 21.3 Å². The number of hydrogen-bond acceptors (Lipinski definition) is 4. The second-order valence-electron chi connectivity index (χ2n) is 3.12. The van der Waals surface area contributed by atoms with Crippen LogP contribution < -0.4 is 5.43 Å². The molecule has 0 bridgehead atoms. The zero-order chi connectivity index (χ0) is 10.4. The lowest BCUT2D eigenvalue weighted by Gasteiger charge is -2.02. The zero-order valence-electron chi connectivity index (χ0n) is 7.36. The van der Waals surface area contributed by atoms with Gasteiger partial charge in [-0.25, -0.2) is 0 Å². The summed E-state index contributed by atoms with van der Waals surface area (Å²) in [6.07, 6.45) is 0. The lowest BCUT2D eigenvalue weighted by Crippen LogP contribution is -2.05. The number of nitrogens with zero attached hydrogens (tertiary/aromatic N) is 1. The van der Waals surface area contributed by atoms with Gasteiger partial charge < -0.3 is 0 Å². The van der Waals surface area contributed by atoms with Crippen molar-refractivity contribution < 1.29 is 0 Å². The van der Waals surface area contributed by atoms with Gasteiger partial charge in [-0.3, -0.25) is 4.79 Å². The highest BCUT2D eigenvalue weighted by atomic mass is 35.5. The van der Waals surface area contributed by atoms with Gasteiger partial charge in [0.15, 0.2) is 0 Å². The number of benzene rings is 2. The second-order valence-corrected chi connectivity index (χ2v) is 5.35. The first kappa shape index (κ1) is 9.27. The Bertz CT molecular complexity index is 673. The molecule has 0 N–H and O–H groups in total. The van der Waals surface area contributed by atoms with Gasteiger partial charge in [-0.2, -0.15) is 4.37 Å². The summed E-state index contributed by atoms with van der Waals surface area (Å²) in [5.74, 6) is 0. The van der Waals surface area contributed by atoms with E-state index in [4.69, 9.17) is 11.6 Å². The van der Waals surface area contributed by atoms with Crippen molar-refractivity contribution in [3.8, 4) is 10.6 Å². The van der Waals surface area contributed by atoms with Crippen molar-refractivity contribution >= 4 is 43.2 Å². The Morgan fingerprint density at radius 1 is 1.20 bits per heavy atom. The SMILES string of the molecule is O=c1c2nssc-2c(Cl)c2ccccc12. The van der Waals surface area contributed by atoms with Crippen molar-refractivity contribution in [3.63, 3.8) is 0 Å². The summed E-state index contributed by atoms with van der Waals surface area (Å²) in [5, 5.41) is 2.10. The molecule has 0 atom stereocenters. The normalized spacial score (nSPS) is 11.3. The Labute approximate surface area is 97.6 Å². The third kappa shape index (κ3) is 1.22. The molecule has 1 aromatic carbocycles. The van der Waals surface area contributed by atoms with Crippen LogP contribution in [0.5, 0.6) is 0 Å². The monoisotopic (exact) mass is 253 g/mol. The zero-order valence-corrected chi connectivity index (χ0v) is 9.75. The smallest absolute Gasteiger partial charge is 0.214 e. The molecule has 0 radical (unpaired) electrons. The number of fused-ring (bicyclic) bond motifs is 2. The molecule has 0 fully saturated rings. The molecule has 0 aromatic heterocycles. The molecule has 0 saturated carbocycles. The molecule has 1 aliphatic carbocycles. The first-order valence-electron chi connectivity index (χ1n) is 4.25. The van der Waals surface area contributed by atoms with Crippen molar-refractivity contribution in [2.75, 3.05) is 0 Å². The Morgan fingerprint density at radius 2 is 1.93 bits per heavy atom. The lowest BCUT2D eigenvalue weighted by atomic mass is 10.1. The fourth-order valence-electron chi connectivity index (χ4n) is 1.58. The van der Waals surface area contributed by atoms with Crippen LogP contribution in [-0.4, -0.2) is 4.37 Å². The first-order chi connectivity index (χ1) is 7.29. The van der Waals surface area contributed by atoms with Crippen molar-refractivity contribution in [1.29, 1.82) is 0 Å². The topological polar surface area (TPSA) is 30.0 Å². The highest BCUT2D eigenvalue weighted by molar-refractivity contribution is 7.68. The Kier molecular flexibility index (Phi) is 2.02. The van der Waals surface area contributed by atoms with Crippen molar-refractivity contribution in [2.24, 2.45) is 0 Å². The Morgan fingerprint density at radius 3 is 2.73 bits per heavy atom. The molecule has 1 heterocycles. The summed E-state index contributed by atoms with van der Waals surface area (Å²) in [6.45, 7) is 0. The van der Waals surface area contributed by atoms with E-state index in [2.05, 4.69) is 4.37 Å². The number of halogens is 1. The maximum Gasteiger partial charge on any atom is 0.214 e. The molecule has 2 nitrogen and oxygen atoms in total. The van der Waals surface area contributed by atoms with E-state index < -0.39 is 0 Å². The average molecular weight is 254 g/mol. The number of rotatable bonds is 0. The molecule has 5 heteroatoms. The quantitative estimate of drug-likeness (QED) is 0.574. The number of aromatic nitrogens is 1. The number of hydrogen-bond donors (Lipinski definition) is 0. The highest BCUT2D eigenvalue weighted by Crippen LogP contribution is 2.37. The third-order valence-electron chi connectivity index (χ3n) is 2.29. The Hall–Kier alpha value is -0.970. The standard InChI is InChI=1S/C10H4ClNOS2/c11-7-5-3-1-2-4-6(5)9(13)8-10(7)14-15-12-8/h1-4H. The third-order valence-corrected chi connectivity index (χ3v) is 4.63.